The number of ketones is 1. The molecular formula is C16H20N4O2S. The highest BCUT2D eigenvalue weighted by Gasteiger charge is 2.13. The second kappa shape index (κ2) is 7.41. The average Bonchev–Trinajstić information content (AvgIpc) is 2.87. The molecule has 0 fully saturated rings. The maximum absolute atomic E-state index is 12.0. The van der Waals surface area contributed by atoms with Gasteiger partial charge in [-0.25, -0.2) is 0 Å². The lowest BCUT2D eigenvalue weighted by Gasteiger charge is -2.07. The van der Waals surface area contributed by atoms with Gasteiger partial charge in [-0.15, -0.1) is 10.2 Å². The Labute approximate surface area is 139 Å². The number of nitrogens with one attached hydrogen (secondary N) is 1. The zero-order valence-corrected chi connectivity index (χ0v) is 14.5. The first kappa shape index (κ1) is 17.2. The minimum Gasteiger partial charge on any atom is -0.325 e. The Balaban J connectivity index is 1.91. The summed E-state index contributed by atoms with van der Waals surface area (Å²) in [7, 11) is 1.90. The molecule has 122 valence electrons. The van der Waals surface area contributed by atoms with Crippen LogP contribution in [0.3, 0.4) is 0 Å². The summed E-state index contributed by atoms with van der Waals surface area (Å²) in [5.41, 5.74) is 1.29. The molecule has 0 aliphatic heterocycles. The Morgan fingerprint density at radius 3 is 2.39 bits per heavy atom. The summed E-state index contributed by atoms with van der Waals surface area (Å²) in [6, 6.07) is 6.84. The molecule has 2 aromatic rings. The van der Waals surface area contributed by atoms with E-state index in [2.05, 4.69) is 29.4 Å². The quantitative estimate of drug-likeness (QED) is 0.650. The number of aromatic nitrogens is 3. The van der Waals surface area contributed by atoms with E-state index >= 15 is 0 Å². The van der Waals surface area contributed by atoms with Gasteiger partial charge in [0.15, 0.2) is 10.9 Å². The van der Waals surface area contributed by atoms with E-state index in [0.717, 1.165) is 11.0 Å². The molecule has 1 aromatic carbocycles. The summed E-state index contributed by atoms with van der Waals surface area (Å²) in [5.74, 6) is 1.31. The fourth-order valence-electron chi connectivity index (χ4n) is 2.07. The van der Waals surface area contributed by atoms with Crippen molar-refractivity contribution < 1.29 is 9.59 Å². The van der Waals surface area contributed by atoms with Gasteiger partial charge in [0, 0.05) is 24.2 Å². The molecular weight excluding hydrogens is 312 g/mol. The van der Waals surface area contributed by atoms with E-state index in [-0.39, 0.29) is 23.4 Å². The molecule has 0 aliphatic rings. The van der Waals surface area contributed by atoms with Crippen LogP contribution < -0.4 is 5.32 Å². The van der Waals surface area contributed by atoms with Crippen LogP contribution in [-0.2, 0) is 11.8 Å². The first-order valence-electron chi connectivity index (χ1n) is 7.31. The van der Waals surface area contributed by atoms with Crippen molar-refractivity contribution in [3.63, 3.8) is 0 Å². The predicted molar refractivity (Wildman–Crippen MR) is 90.9 cm³/mol. The van der Waals surface area contributed by atoms with Gasteiger partial charge in [-0.3, -0.25) is 9.59 Å². The number of amides is 1. The van der Waals surface area contributed by atoms with Crippen LogP contribution in [0.1, 0.15) is 42.9 Å². The number of hydrogen-bond donors (Lipinski definition) is 1. The Bertz CT molecular complexity index is 707. The van der Waals surface area contributed by atoms with Crippen LogP contribution >= 0.6 is 11.8 Å². The summed E-state index contributed by atoms with van der Waals surface area (Å²) in [4.78, 5) is 23.2. The van der Waals surface area contributed by atoms with Gasteiger partial charge < -0.3 is 9.88 Å². The van der Waals surface area contributed by atoms with Gasteiger partial charge in [-0.1, -0.05) is 25.6 Å². The van der Waals surface area contributed by atoms with Crippen LogP contribution in [0.2, 0.25) is 0 Å². The third kappa shape index (κ3) is 4.41. The smallest absolute Gasteiger partial charge is 0.234 e. The van der Waals surface area contributed by atoms with Gasteiger partial charge in [-0.2, -0.15) is 0 Å². The molecule has 1 aromatic heterocycles. The van der Waals surface area contributed by atoms with Gasteiger partial charge in [0.2, 0.25) is 5.91 Å². The van der Waals surface area contributed by atoms with Gasteiger partial charge in [0.25, 0.3) is 0 Å². The Morgan fingerprint density at radius 1 is 1.22 bits per heavy atom. The van der Waals surface area contributed by atoms with Crippen molar-refractivity contribution in [2.75, 3.05) is 11.1 Å². The van der Waals surface area contributed by atoms with Crippen LogP contribution in [0.5, 0.6) is 0 Å². The van der Waals surface area contributed by atoms with Crippen LogP contribution in [0.4, 0.5) is 5.69 Å². The molecule has 1 amide bonds. The predicted octanol–water partition coefficient (Wildman–Crippen LogP) is 2.87. The molecule has 1 N–H and O–H groups in total. The molecule has 0 radical (unpaired) electrons. The summed E-state index contributed by atoms with van der Waals surface area (Å²) >= 11 is 1.34. The van der Waals surface area contributed by atoms with E-state index in [1.165, 1.54) is 18.7 Å². The van der Waals surface area contributed by atoms with E-state index in [4.69, 9.17) is 0 Å². The number of Topliss-reactive ketones (excluding diaryl/α,β-unsaturated/α-hetero) is 1. The number of carbonyl (C=O) groups is 2. The van der Waals surface area contributed by atoms with Crippen molar-refractivity contribution in [1.29, 1.82) is 0 Å². The van der Waals surface area contributed by atoms with Crippen LogP contribution in [-0.4, -0.2) is 32.2 Å². The third-order valence-electron chi connectivity index (χ3n) is 3.29. The minimum atomic E-state index is -0.125. The van der Waals surface area contributed by atoms with Gasteiger partial charge >= 0.3 is 0 Å². The zero-order chi connectivity index (χ0) is 17.0. The maximum atomic E-state index is 12.0. The van der Waals surface area contributed by atoms with Crippen LogP contribution in [0, 0.1) is 0 Å². The van der Waals surface area contributed by atoms with E-state index in [9.17, 15) is 9.59 Å². The Kier molecular flexibility index (Phi) is 5.54. The number of carbonyl (C=O) groups excluding carboxylic acids is 2. The van der Waals surface area contributed by atoms with Crippen molar-refractivity contribution in [1.82, 2.24) is 14.8 Å². The summed E-state index contributed by atoms with van der Waals surface area (Å²) in [6.45, 7) is 5.61. The van der Waals surface area contributed by atoms with Crippen LogP contribution in [0.15, 0.2) is 29.4 Å². The van der Waals surface area contributed by atoms with E-state index < -0.39 is 0 Å². The molecule has 0 unspecified atom stereocenters. The second-order valence-corrected chi connectivity index (χ2v) is 6.47. The summed E-state index contributed by atoms with van der Waals surface area (Å²) in [6.07, 6.45) is 0. The van der Waals surface area contributed by atoms with Crippen molar-refractivity contribution in [3.8, 4) is 0 Å². The fourth-order valence-corrected chi connectivity index (χ4v) is 2.79. The standard InChI is InChI=1S/C16H20N4O2S/c1-10(2)15-18-19-16(20(15)4)23-9-14(22)17-13-7-5-12(6-8-13)11(3)21/h5-8,10H,9H2,1-4H3,(H,17,22). The minimum absolute atomic E-state index is 0.00155. The SMILES string of the molecule is CC(=O)c1ccc(NC(=O)CSc2nnc(C(C)C)n2C)cc1. The lowest BCUT2D eigenvalue weighted by atomic mass is 10.1. The number of hydrogen-bond acceptors (Lipinski definition) is 5. The number of anilines is 1. The van der Waals surface area contributed by atoms with Gasteiger partial charge in [0.1, 0.15) is 5.82 Å². The molecule has 0 atom stereocenters. The highest BCUT2D eigenvalue weighted by molar-refractivity contribution is 7.99. The Hall–Kier alpha value is -2.15. The third-order valence-corrected chi connectivity index (χ3v) is 4.31. The maximum Gasteiger partial charge on any atom is 0.234 e. The summed E-state index contributed by atoms with van der Waals surface area (Å²) in [5, 5.41) is 11.8. The van der Waals surface area contributed by atoms with Crippen molar-refractivity contribution in [2.45, 2.75) is 31.8 Å². The van der Waals surface area contributed by atoms with Gasteiger partial charge in [-0.05, 0) is 31.2 Å². The van der Waals surface area contributed by atoms with Crippen LogP contribution in [0.25, 0.3) is 0 Å². The monoisotopic (exact) mass is 332 g/mol. The number of rotatable bonds is 6. The lowest BCUT2D eigenvalue weighted by Crippen LogP contribution is -2.14. The highest BCUT2D eigenvalue weighted by Crippen LogP contribution is 2.20. The number of thioether (sulfide) groups is 1. The normalized spacial score (nSPS) is 10.8. The lowest BCUT2D eigenvalue weighted by molar-refractivity contribution is -0.113. The fraction of sp³-hybridized carbons (Fsp3) is 0.375. The molecule has 2 rings (SSSR count). The molecule has 6 nitrogen and oxygen atoms in total. The van der Waals surface area contributed by atoms with Crippen molar-refractivity contribution >= 4 is 29.1 Å². The van der Waals surface area contributed by atoms with Gasteiger partial charge in [0.05, 0.1) is 5.75 Å². The molecule has 0 saturated carbocycles. The molecule has 0 bridgehead atoms. The second-order valence-electron chi connectivity index (χ2n) is 5.52. The first-order valence-corrected chi connectivity index (χ1v) is 8.30. The van der Waals surface area contributed by atoms with E-state index in [1.54, 1.807) is 24.3 Å². The zero-order valence-electron chi connectivity index (χ0n) is 13.7. The first-order chi connectivity index (χ1) is 10.9. The molecule has 1 heterocycles. The molecule has 0 aliphatic carbocycles. The average molecular weight is 332 g/mol. The van der Waals surface area contributed by atoms with E-state index in [0.29, 0.717) is 11.3 Å². The van der Waals surface area contributed by atoms with Crippen molar-refractivity contribution in [2.24, 2.45) is 7.05 Å². The molecule has 7 heteroatoms. The largest absolute Gasteiger partial charge is 0.325 e. The number of benzene rings is 1. The Morgan fingerprint density at radius 2 is 1.87 bits per heavy atom. The van der Waals surface area contributed by atoms with E-state index in [1.807, 2.05) is 11.6 Å². The van der Waals surface area contributed by atoms with Crippen molar-refractivity contribution in [3.05, 3.63) is 35.7 Å². The molecule has 23 heavy (non-hydrogen) atoms. The molecule has 0 saturated heterocycles. The highest BCUT2D eigenvalue weighted by atomic mass is 32.2. The molecule has 0 spiro atoms. The topological polar surface area (TPSA) is 76.9 Å². The number of nitrogens with zero attached hydrogens (tertiary/aromatic N) is 3. The summed E-state index contributed by atoms with van der Waals surface area (Å²) < 4.78 is 1.91.